The molecule has 2 heterocycles. The van der Waals surface area contributed by atoms with Crippen LogP contribution in [0, 0.1) is 0 Å². The van der Waals surface area contributed by atoms with Crippen molar-refractivity contribution in [3.05, 3.63) is 98.7 Å². The molecule has 1 aromatic heterocycles. The van der Waals surface area contributed by atoms with Crippen LogP contribution in [0.5, 0.6) is 0 Å². The van der Waals surface area contributed by atoms with Crippen molar-refractivity contribution in [2.24, 2.45) is 0 Å². The summed E-state index contributed by atoms with van der Waals surface area (Å²) >= 11 is 0. The number of H-pyrrole nitrogens is 1. The van der Waals surface area contributed by atoms with Crippen LogP contribution in [0.15, 0.2) is 70.8 Å². The van der Waals surface area contributed by atoms with Crippen molar-refractivity contribution in [2.75, 3.05) is 30.9 Å². The monoisotopic (exact) mass is 475 g/mol. The van der Waals surface area contributed by atoms with Gasteiger partial charge < -0.3 is 15.4 Å². The smallest absolute Gasteiger partial charge is 0.330 e. The molecule has 4 rings (SSSR count). The summed E-state index contributed by atoms with van der Waals surface area (Å²) in [7, 11) is 1.48. The third-order valence-electron chi connectivity index (χ3n) is 5.63. The molecule has 2 aromatic carbocycles. The van der Waals surface area contributed by atoms with Crippen LogP contribution in [0.1, 0.15) is 21.5 Å². The topological polar surface area (TPSA) is 126 Å². The Morgan fingerprint density at radius 1 is 1.03 bits per heavy atom. The van der Waals surface area contributed by atoms with Crippen molar-refractivity contribution in [1.29, 1.82) is 0 Å². The van der Waals surface area contributed by atoms with E-state index in [2.05, 4.69) is 22.2 Å². The number of aromatic amines is 1. The first-order valence-electron chi connectivity index (χ1n) is 10.9. The molecule has 0 atom stereocenters. The fourth-order valence-corrected chi connectivity index (χ4v) is 3.86. The van der Waals surface area contributed by atoms with Gasteiger partial charge in [0, 0.05) is 30.5 Å². The zero-order chi connectivity index (χ0) is 24.9. The van der Waals surface area contributed by atoms with Gasteiger partial charge in [-0.3, -0.25) is 28.8 Å². The third kappa shape index (κ3) is 4.92. The molecule has 0 saturated heterocycles. The number of rotatable bonds is 9. The standard InChI is InChI=1S/C25H25N5O5/c1-16-18-10-6-7-11-19(18)24(33)30(16)15-20(31)27-22-21(26-14-17-8-4-3-5-9-17)23(32)28-25(34)29(22)12-13-35-2/h3-11,26H,1,12-15H2,2H3,(H,27,31)(H,28,32,34). The number of carbonyl (C=O) groups is 2. The molecule has 10 heteroatoms. The van der Waals surface area contributed by atoms with E-state index in [1.807, 2.05) is 30.3 Å². The van der Waals surface area contributed by atoms with Gasteiger partial charge in [-0.1, -0.05) is 55.1 Å². The van der Waals surface area contributed by atoms with E-state index in [-0.39, 0.29) is 43.7 Å². The Balaban J connectivity index is 1.62. The van der Waals surface area contributed by atoms with Crippen molar-refractivity contribution in [3.8, 4) is 0 Å². The molecule has 0 saturated carbocycles. The van der Waals surface area contributed by atoms with Crippen LogP contribution < -0.4 is 21.9 Å². The number of nitrogens with zero attached hydrogens (tertiary/aromatic N) is 2. The number of benzene rings is 2. The van der Waals surface area contributed by atoms with Crippen LogP contribution in [0.25, 0.3) is 5.70 Å². The lowest BCUT2D eigenvalue weighted by Crippen LogP contribution is -2.38. The number of ether oxygens (including phenoxy) is 1. The zero-order valence-electron chi connectivity index (χ0n) is 19.2. The first-order chi connectivity index (χ1) is 16.9. The number of nitrogens with one attached hydrogen (secondary N) is 3. The van der Waals surface area contributed by atoms with Gasteiger partial charge in [-0.2, -0.15) is 0 Å². The van der Waals surface area contributed by atoms with E-state index in [1.165, 1.54) is 16.6 Å². The number of aromatic nitrogens is 2. The molecule has 180 valence electrons. The molecule has 35 heavy (non-hydrogen) atoms. The van der Waals surface area contributed by atoms with E-state index in [0.717, 1.165) is 5.56 Å². The predicted molar refractivity (Wildman–Crippen MR) is 132 cm³/mol. The summed E-state index contributed by atoms with van der Waals surface area (Å²) in [6.45, 7) is 4.14. The molecule has 1 aliphatic rings. The molecular weight excluding hydrogens is 450 g/mol. The highest BCUT2D eigenvalue weighted by Crippen LogP contribution is 2.31. The quantitative estimate of drug-likeness (QED) is 0.434. The summed E-state index contributed by atoms with van der Waals surface area (Å²) in [5, 5.41) is 5.67. The molecule has 3 aromatic rings. The molecule has 0 fully saturated rings. The van der Waals surface area contributed by atoms with E-state index in [1.54, 1.807) is 24.3 Å². The molecule has 0 unspecified atom stereocenters. The molecular formula is C25H25N5O5. The third-order valence-corrected chi connectivity index (χ3v) is 5.63. The predicted octanol–water partition coefficient (Wildman–Crippen LogP) is 1.86. The molecule has 10 nitrogen and oxygen atoms in total. The van der Waals surface area contributed by atoms with Gasteiger partial charge in [0.2, 0.25) is 5.91 Å². The highest BCUT2D eigenvalue weighted by molar-refractivity contribution is 6.11. The number of hydrogen-bond acceptors (Lipinski definition) is 6. The first-order valence-corrected chi connectivity index (χ1v) is 10.9. The number of fused-ring (bicyclic) bond motifs is 1. The number of amides is 2. The lowest BCUT2D eigenvalue weighted by Gasteiger charge is -2.20. The van der Waals surface area contributed by atoms with Crippen molar-refractivity contribution < 1.29 is 14.3 Å². The molecule has 0 aliphatic carbocycles. The normalized spacial score (nSPS) is 12.5. The summed E-state index contributed by atoms with van der Waals surface area (Å²) in [6, 6.07) is 16.3. The maximum atomic E-state index is 13.1. The summed E-state index contributed by atoms with van der Waals surface area (Å²) in [5.41, 5.74) is 1.08. The molecule has 0 bridgehead atoms. The van der Waals surface area contributed by atoms with Crippen molar-refractivity contribution >= 4 is 29.0 Å². The van der Waals surface area contributed by atoms with Gasteiger partial charge in [0.05, 0.1) is 13.2 Å². The Morgan fingerprint density at radius 3 is 2.40 bits per heavy atom. The average molecular weight is 476 g/mol. The van der Waals surface area contributed by atoms with E-state index < -0.39 is 17.2 Å². The van der Waals surface area contributed by atoms with Gasteiger partial charge in [-0.15, -0.1) is 0 Å². The van der Waals surface area contributed by atoms with Crippen molar-refractivity contribution in [3.63, 3.8) is 0 Å². The molecule has 0 radical (unpaired) electrons. The number of hydrogen-bond donors (Lipinski definition) is 3. The second kappa shape index (κ2) is 10.2. The van der Waals surface area contributed by atoms with Gasteiger partial charge >= 0.3 is 5.69 Å². The van der Waals surface area contributed by atoms with Gasteiger partial charge in [0.15, 0.2) is 0 Å². The van der Waals surface area contributed by atoms with Crippen molar-refractivity contribution in [2.45, 2.75) is 13.1 Å². The molecule has 2 amide bonds. The lowest BCUT2D eigenvalue weighted by molar-refractivity contribution is -0.116. The van der Waals surface area contributed by atoms with E-state index in [9.17, 15) is 19.2 Å². The van der Waals surface area contributed by atoms with Gasteiger partial charge in [-0.25, -0.2) is 4.79 Å². The zero-order valence-corrected chi connectivity index (χ0v) is 19.2. The Labute approximate surface area is 200 Å². The Hall–Kier alpha value is -4.44. The maximum absolute atomic E-state index is 13.1. The van der Waals surface area contributed by atoms with Crippen LogP contribution in [0.2, 0.25) is 0 Å². The molecule has 0 spiro atoms. The summed E-state index contributed by atoms with van der Waals surface area (Å²) < 4.78 is 6.30. The highest BCUT2D eigenvalue weighted by atomic mass is 16.5. The van der Waals surface area contributed by atoms with Crippen LogP contribution in [-0.4, -0.2) is 46.5 Å². The highest BCUT2D eigenvalue weighted by Gasteiger charge is 2.32. The lowest BCUT2D eigenvalue weighted by atomic mass is 10.1. The van der Waals surface area contributed by atoms with Gasteiger partial charge in [-0.05, 0) is 11.6 Å². The van der Waals surface area contributed by atoms with Crippen LogP contribution in [0.3, 0.4) is 0 Å². The first kappa shape index (κ1) is 23.7. The van der Waals surface area contributed by atoms with Crippen LogP contribution in [-0.2, 0) is 22.6 Å². The minimum absolute atomic E-state index is 0.00787. The SMILES string of the molecule is C=C1c2ccccc2C(=O)N1CC(=O)Nc1c(NCc2ccccc2)c(=O)[nH]c(=O)n1CCOC. The minimum atomic E-state index is -0.693. The fourth-order valence-electron chi connectivity index (χ4n) is 3.86. The summed E-state index contributed by atoms with van der Waals surface area (Å²) in [5.74, 6) is -0.941. The van der Waals surface area contributed by atoms with Gasteiger partial charge in [0.1, 0.15) is 18.1 Å². The average Bonchev–Trinajstić information content (AvgIpc) is 3.09. The minimum Gasteiger partial charge on any atom is -0.383 e. The number of anilines is 2. The Morgan fingerprint density at radius 2 is 1.71 bits per heavy atom. The molecule has 3 N–H and O–H groups in total. The van der Waals surface area contributed by atoms with Crippen LogP contribution in [0.4, 0.5) is 11.5 Å². The maximum Gasteiger partial charge on any atom is 0.330 e. The second-order valence-electron chi connectivity index (χ2n) is 7.90. The van der Waals surface area contributed by atoms with Gasteiger partial charge in [0.25, 0.3) is 11.5 Å². The number of carbonyl (C=O) groups excluding carboxylic acids is 2. The second-order valence-corrected chi connectivity index (χ2v) is 7.90. The Bertz CT molecular complexity index is 1360. The fraction of sp³-hybridized carbons (Fsp3) is 0.200. The van der Waals surface area contributed by atoms with E-state index >= 15 is 0 Å². The van der Waals surface area contributed by atoms with E-state index in [4.69, 9.17) is 4.74 Å². The largest absolute Gasteiger partial charge is 0.383 e. The van der Waals surface area contributed by atoms with Crippen LogP contribution >= 0.6 is 0 Å². The van der Waals surface area contributed by atoms with Crippen molar-refractivity contribution in [1.82, 2.24) is 14.5 Å². The molecule has 1 aliphatic heterocycles. The summed E-state index contributed by atoms with van der Waals surface area (Å²) in [6.07, 6.45) is 0. The van der Waals surface area contributed by atoms with E-state index in [0.29, 0.717) is 16.8 Å². The Kier molecular flexibility index (Phi) is 6.93. The summed E-state index contributed by atoms with van der Waals surface area (Å²) in [4.78, 5) is 54.6. The number of methoxy groups -OCH3 is 1.